The number of allylic oxidation sites excluding steroid dienone is 1. The average molecular weight is 345 g/mol. The van der Waals surface area contributed by atoms with Gasteiger partial charge in [0.2, 0.25) is 5.78 Å². The molecule has 4 nitrogen and oxygen atoms in total. The highest BCUT2D eigenvalue weighted by Gasteiger charge is 2.12. The van der Waals surface area contributed by atoms with Gasteiger partial charge >= 0.3 is 5.97 Å². The molecule has 2 aromatic carbocycles. The predicted octanol–water partition coefficient (Wildman–Crippen LogP) is 4.44. The van der Waals surface area contributed by atoms with Crippen LogP contribution >= 0.6 is 0 Å². The zero-order valence-corrected chi connectivity index (χ0v) is 14.4. The quantitative estimate of drug-likeness (QED) is 0.672. The van der Waals surface area contributed by atoms with Crippen LogP contribution < -0.4 is 0 Å². The van der Waals surface area contributed by atoms with Crippen molar-refractivity contribution in [3.8, 4) is 0 Å². The molecule has 26 heavy (non-hydrogen) atoms. The molecule has 0 bridgehead atoms. The van der Waals surface area contributed by atoms with Crippen LogP contribution in [0.2, 0.25) is 0 Å². The third-order valence-electron chi connectivity index (χ3n) is 4.17. The third kappa shape index (κ3) is 3.81. The van der Waals surface area contributed by atoms with Crippen molar-refractivity contribution in [2.75, 3.05) is 0 Å². The van der Waals surface area contributed by atoms with Gasteiger partial charge in [0.25, 0.3) is 0 Å². The van der Waals surface area contributed by atoms with Gasteiger partial charge in [-0.2, -0.15) is 0 Å². The van der Waals surface area contributed by atoms with Crippen molar-refractivity contribution in [3.63, 3.8) is 0 Å². The molecule has 0 aliphatic carbocycles. The first-order valence-electron chi connectivity index (χ1n) is 8.31. The predicted molar refractivity (Wildman–Crippen MR) is 101 cm³/mol. The van der Waals surface area contributed by atoms with Gasteiger partial charge in [0.05, 0.1) is 11.3 Å². The molecule has 0 saturated heterocycles. The zero-order chi connectivity index (χ0) is 18.5. The van der Waals surface area contributed by atoms with Crippen molar-refractivity contribution in [3.05, 3.63) is 101 Å². The van der Waals surface area contributed by atoms with Gasteiger partial charge in [0, 0.05) is 18.3 Å². The van der Waals surface area contributed by atoms with E-state index in [4.69, 9.17) is 0 Å². The van der Waals surface area contributed by atoms with Crippen LogP contribution in [0.4, 0.5) is 0 Å². The van der Waals surface area contributed by atoms with Crippen molar-refractivity contribution in [1.82, 2.24) is 4.57 Å². The van der Waals surface area contributed by atoms with Crippen LogP contribution in [-0.2, 0) is 6.54 Å². The maximum Gasteiger partial charge on any atom is 0.336 e. The summed E-state index contributed by atoms with van der Waals surface area (Å²) in [5.41, 5.74) is 3.25. The molecule has 0 radical (unpaired) electrons. The molecule has 0 spiro atoms. The molecule has 1 N–H and O–H groups in total. The summed E-state index contributed by atoms with van der Waals surface area (Å²) in [6.07, 6.45) is 5.46. The number of carboxylic acid groups (broad SMARTS) is 1. The largest absolute Gasteiger partial charge is 0.478 e. The molecule has 1 heterocycles. The van der Waals surface area contributed by atoms with E-state index < -0.39 is 5.97 Å². The Balaban J connectivity index is 1.79. The summed E-state index contributed by atoms with van der Waals surface area (Å²) >= 11 is 0. The first-order valence-corrected chi connectivity index (χ1v) is 8.31. The minimum Gasteiger partial charge on any atom is -0.478 e. The number of carbonyl (C=O) groups is 2. The fraction of sp³-hybridized carbons (Fsp3) is 0.0909. The lowest BCUT2D eigenvalue weighted by atomic mass is 10.1. The number of ketones is 1. The molecule has 0 atom stereocenters. The summed E-state index contributed by atoms with van der Waals surface area (Å²) < 4.78 is 1.85. The van der Waals surface area contributed by atoms with Crippen LogP contribution in [0.15, 0.2) is 72.9 Å². The number of aryl methyl sites for hydroxylation is 1. The Hall–Kier alpha value is -3.40. The number of hydrogen-bond acceptors (Lipinski definition) is 2. The summed E-state index contributed by atoms with van der Waals surface area (Å²) in [5, 5.41) is 9.23. The molecule has 0 fully saturated rings. The Kier molecular flexibility index (Phi) is 5.13. The molecular formula is C22H19NO3. The normalized spacial score (nSPS) is 11.0. The fourth-order valence-electron chi connectivity index (χ4n) is 2.76. The van der Waals surface area contributed by atoms with Gasteiger partial charge in [0.1, 0.15) is 0 Å². The molecule has 3 aromatic rings. The van der Waals surface area contributed by atoms with Crippen LogP contribution in [0.3, 0.4) is 0 Å². The van der Waals surface area contributed by atoms with E-state index in [1.807, 2.05) is 54.1 Å². The second kappa shape index (κ2) is 7.66. The van der Waals surface area contributed by atoms with Crippen LogP contribution in [-0.4, -0.2) is 21.4 Å². The number of rotatable bonds is 6. The van der Waals surface area contributed by atoms with Gasteiger partial charge in [-0.25, -0.2) is 4.79 Å². The summed E-state index contributed by atoms with van der Waals surface area (Å²) in [4.78, 5) is 23.9. The maximum atomic E-state index is 12.7. The lowest BCUT2D eigenvalue weighted by Crippen LogP contribution is -2.09. The van der Waals surface area contributed by atoms with E-state index >= 15 is 0 Å². The highest BCUT2D eigenvalue weighted by Crippen LogP contribution is 2.14. The zero-order valence-electron chi connectivity index (χ0n) is 14.4. The van der Waals surface area contributed by atoms with E-state index in [0.717, 1.165) is 5.56 Å². The molecular weight excluding hydrogens is 326 g/mol. The summed E-state index contributed by atoms with van der Waals surface area (Å²) in [6, 6.07) is 18.0. The third-order valence-corrected chi connectivity index (χ3v) is 4.17. The number of aromatic nitrogens is 1. The lowest BCUT2D eigenvalue weighted by molar-refractivity contribution is 0.0696. The van der Waals surface area contributed by atoms with Crippen molar-refractivity contribution in [2.45, 2.75) is 13.5 Å². The van der Waals surface area contributed by atoms with E-state index in [1.54, 1.807) is 36.4 Å². The summed E-state index contributed by atoms with van der Waals surface area (Å²) in [5.74, 6) is -0.990. The second-order valence-electron chi connectivity index (χ2n) is 6.04. The molecule has 0 aliphatic heterocycles. The highest BCUT2D eigenvalue weighted by molar-refractivity contribution is 6.08. The smallest absolute Gasteiger partial charge is 0.336 e. The standard InChI is InChI=1S/C22H19NO3/c1-16-10-12-18(13-11-16)21(24)20-9-5-15-23(20)14-4-7-17-6-2-3-8-19(17)22(25)26/h2-13,15H,14H2,1H3,(H,25,26)/b7-4+. The van der Waals surface area contributed by atoms with E-state index in [0.29, 0.717) is 23.4 Å². The van der Waals surface area contributed by atoms with Crippen molar-refractivity contribution >= 4 is 17.8 Å². The van der Waals surface area contributed by atoms with Gasteiger partial charge in [0.15, 0.2) is 0 Å². The minimum absolute atomic E-state index is 0.0330. The SMILES string of the molecule is Cc1ccc(C(=O)c2cccn2C/C=C/c2ccccc2C(=O)O)cc1. The van der Waals surface area contributed by atoms with Crippen molar-refractivity contribution in [2.24, 2.45) is 0 Å². The van der Waals surface area contributed by atoms with Gasteiger partial charge in [-0.15, -0.1) is 0 Å². The fourth-order valence-corrected chi connectivity index (χ4v) is 2.76. The van der Waals surface area contributed by atoms with Crippen LogP contribution in [0.25, 0.3) is 6.08 Å². The Labute approximate surface area is 152 Å². The molecule has 1 aromatic heterocycles. The Bertz CT molecular complexity index is 965. The van der Waals surface area contributed by atoms with E-state index in [1.165, 1.54) is 0 Å². The van der Waals surface area contributed by atoms with Gasteiger partial charge < -0.3 is 9.67 Å². The van der Waals surface area contributed by atoms with Crippen LogP contribution in [0.1, 0.15) is 37.5 Å². The number of carbonyl (C=O) groups excluding carboxylic acids is 1. The van der Waals surface area contributed by atoms with Crippen molar-refractivity contribution < 1.29 is 14.7 Å². The highest BCUT2D eigenvalue weighted by atomic mass is 16.4. The Morgan fingerprint density at radius 2 is 1.73 bits per heavy atom. The molecule has 0 saturated carbocycles. The Morgan fingerprint density at radius 1 is 1.00 bits per heavy atom. The van der Waals surface area contributed by atoms with E-state index in [2.05, 4.69) is 0 Å². The van der Waals surface area contributed by atoms with Crippen LogP contribution in [0, 0.1) is 6.92 Å². The number of hydrogen-bond donors (Lipinski definition) is 1. The molecule has 0 unspecified atom stereocenters. The molecule has 0 amide bonds. The topological polar surface area (TPSA) is 59.3 Å². The number of carboxylic acids is 1. The van der Waals surface area contributed by atoms with Gasteiger partial charge in [-0.1, -0.05) is 60.2 Å². The van der Waals surface area contributed by atoms with Gasteiger partial charge in [-0.05, 0) is 30.7 Å². The van der Waals surface area contributed by atoms with Gasteiger partial charge in [-0.3, -0.25) is 4.79 Å². The monoisotopic (exact) mass is 345 g/mol. The molecule has 130 valence electrons. The number of nitrogens with zero attached hydrogens (tertiary/aromatic N) is 1. The molecule has 4 heteroatoms. The summed E-state index contributed by atoms with van der Waals surface area (Å²) in [7, 11) is 0. The summed E-state index contributed by atoms with van der Waals surface area (Å²) in [6.45, 7) is 2.46. The molecule has 3 rings (SSSR count). The molecule has 0 aliphatic rings. The first kappa shape index (κ1) is 17.4. The average Bonchev–Trinajstić information content (AvgIpc) is 3.10. The number of aromatic carboxylic acids is 1. The first-order chi connectivity index (χ1) is 12.6. The Morgan fingerprint density at radius 3 is 2.46 bits per heavy atom. The lowest BCUT2D eigenvalue weighted by Gasteiger charge is -2.07. The number of benzene rings is 2. The van der Waals surface area contributed by atoms with E-state index in [-0.39, 0.29) is 11.3 Å². The minimum atomic E-state index is -0.957. The van der Waals surface area contributed by atoms with Crippen LogP contribution in [0.5, 0.6) is 0 Å². The second-order valence-corrected chi connectivity index (χ2v) is 6.04. The van der Waals surface area contributed by atoms with E-state index in [9.17, 15) is 14.7 Å². The van der Waals surface area contributed by atoms with Crippen molar-refractivity contribution in [1.29, 1.82) is 0 Å². The maximum absolute atomic E-state index is 12.7.